The summed E-state index contributed by atoms with van der Waals surface area (Å²) in [4.78, 5) is 29.0. The van der Waals surface area contributed by atoms with Gasteiger partial charge in [-0.15, -0.1) is 0 Å². The fourth-order valence-electron chi connectivity index (χ4n) is 5.02. The smallest absolute Gasteiger partial charge is 0.260 e. The van der Waals surface area contributed by atoms with E-state index in [0.717, 1.165) is 5.56 Å². The summed E-state index contributed by atoms with van der Waals surface area (Å²) in [7, 11) is 1.73. The monoisotopic (exact) mass is 516 g/mol. The van der Waals surface area contributed by atoms with E-state index >= 15 is 0 Å². The number of piperidine rings is 1. The third-order valence-electron chi connectivity index (χ3n) is 7.19. The number of ether oxygens (including phenoxy) is 2. The van der Waals surface area contributed by atoms with E-state index in [4.69, 9.17) is 21.1 Å². The van der Waals surface area contributed by atoms with Crippen molar-refractivity contribution in [3.05, 3.63) is 59.1 Å². The lowest BCUT2D eigenvalue weighted by atomic mass is 9.72. The zero-order valence-corrected chi connectivity index (χ0v) is 21.2. The van der Waals surface area contributed by atoms with Gasteiger partial charge in [-0.25, -0.2) is 0 Å². The fraction of sp³-hybridized carbons (Fsp3) is 0.481. The SMILES string of the molecule is CN1CC2(CCN(C(=O)COc3ccc(Cl)cc3)CC2)C[C@@H](O)[C@@H](O)Cc2ccccc2OCC1=O. The first-order valence-electron chi connectivity index (χ1n) is 12.2. The molecule has 2 heterocycles. The molecule has 2 N–H and O–H groups in total. The molecule has 2 aliphatic heterocycles. The van der Waals surface area contributed by atoms with Gasteiger partial charge in [-0.2, -0.15) is 0 Å². The number of halogens is 1. The van der Waals surface area contributed by atoms with Crippen molar-refractivity contribution in [1.82, 2.24) is 9.80 Å². The number of hydrogen-bond acceptors (Lipinski definition) is 6. The van der Waals surface area contributed by atoms with Gasteiger partial charge >= 0.3 is 0 Å². The molecular weight excluding hydrogens is 484 g/mol. The number of likely N-dealkylation sites (N-methyl/N-ethyl adjacent to an activating group) is 1. The first-order valence-corrected chi connectivity index (χ1v) is 12.6. The van der Waals surface area contributed by atoms with Crippen LogP contribution < -0.4 is 9.47 Å². The molecule has 1 saturated heterocycles. The number of hydrogen-bond donors (Lipinski definition) is 2. The number of aliphatic hydroxyl groups excluding tert-OH is 2. The summed E-state index contributed by atoms with van der Waals surface area (Å²) >= 11 is 5.89. The second kappa shape index (κ2) is 11.5. The van der Waals surface area contributed by atoms with Crippen LogP contribution in [0.25, 0.3) is 0 Å². The summed E-state index contributed by atoms with van der Waals surface area (Å²) in [5, 5.41) is 22.4. The van der Waals surface area contributed by atoms with E-state index in [-0.39, 0.29) is 31.4 Å². The third kappa shape index (κ3) is 6.49. The van der Waals surface area contributed by atoms with E-state index in [1.165, 1.54) is 0 Å². The van der Waals surface area contributed by atoms with Crippen LogP contribution in [0.4, 0.5) is 0 Å². The van der Waals surface area contributed by atoms with Gasteiger partial charge in [-0.3, -0.25) is 9.59 Å². The van der Waals surface area contributed by atoms with Crippen LogP contribution in [0.1, 0.15) is 24.8 Å². The highest BCUT2D eigenvalue weighted by Gasteiger charge is 2.41. The van der Waals surface area contributed by atoms with Gasteiger partial charge in [0.1, 0.15) is 11.5 Å². The zero-order chi connectivity index (χ0) is 25.7. The Bertz CT molecular complexity index is 1050. The Morgan fingerprint density at radius 1 is 1.11 bits per heavy atom. The molecular formula is C27H33ClN2O6. The molecule has 0 radical (unpaired) electrons. The summed E-state index contributed by atoms with van der Waals surface area (Å²) in [6.07, 6.45) is -0.199. The summed E-state index contributed by atoms with van der Waals surface area (Å²) in [6.45, 7) is 1.18. The number of nitrogens with zero attached hydrogens (tertiary/aromatic N) is 2. The summed E-state index contributed by atoms with van der Waals surface area (Å²) in [5.41, 5.74) is 0.312. The van der Waals surface area contributed by atoms with Crippen molar-refractivity contribution < 1.29 is 29.3 Å². The summed E-state index contributed by atoms with van der Waals surface area (Å²) < 4.78 is 11.4. The molecule has 0 bridgehead atoms. The van der Waals surface area contributed by atoms with Gasteiger partial charge in [0.2, 0.25) is 0 Å². The predicted octanol–water partition coefficient (Wildman–Crippen LogP) is 2.53. The fourth-order valence-corrected chi connectivity index (χ4v) is 5.15. The number of likely N-dealkylation sites (tertiary alicyclic amines) is 1. The maximum absolute atomic E-state index is 12.8. The van der Waals surface area contributed by atoms with Crippen LogP contribution in [-0.4, -0.2) is 83.9 Å². The van der Waals surface area contributed by atoms with Gasteiger partial charge in [0.05, 0.1) is 12.2 Å². The van der Waals surface area contributed by atoms with E-state index in [0.29, 0.717) is 55.4 Å². The highest BCUT2D eigenvalue weighted by atomic mass is 35.5. The van der Waals surface area contributed by atoms with Gasteiger partial charge < -0.3 is 29.5 Å². The van der Waals surface area contributed by atoms with Crippen molar-refractivity contribution in [3.63, 3.8) is 0 Å². The zero-order valence-electron chi connectivity index (χ0n) is 20.4. The maximum atomic E-state index is 12.8. The highest BCUT2D eigenvalue weighted by Crippen LogP contribution is 2.38. The van der Waals surface area contributed by atoms with Crippen LogP contribution in [0, 0.1) is 5.41 Å². The number of para-hydroxylation sites is 1. The molecule has 1 fully saturated rings. The number of rotatable bonds is 3. The lowest BCUT2D eigenvalue weighted by molar-refractivity contribution is -0.140. The van der Waals surface area contributed by atoms with E-state index in [1.54, 1.807) is 47.2 Å². The third-order valence-corrected chi connectivity index (χ3v) is 7.44. The quantitative estimate of drug-likeness (QED) is 0.650. The lowest BCUT2D eigenvalue weighted by Crippen LogP contribution is -2.51. The second-order valence-electron chi connectivity index (χ2n) is 9.81. The van der Waals surface area contributed by atoms with Crippen molar-refractivity contribution in [2.75, 3.05) is 39.9 Å². The van der Waals surface area contributed by atoms with Crippen molar-refractivity contribution >= 4 is 23.4 Å². The van der Waals surface area contributed by atoms with Crippen molar-refractivity contribution in [3.8, 4) is 11.5 Å². The molecule has 9 heteroatoms. The van der Waals surface area contributed by atoms with Crippen molar-refractivity contribution in [1.29, 1.82) is 0 Å². The number of amides is 2. The van der Waals surface area contributed by atoms with E-state index < -0.39 is 17.6 Å². The Balaban J connectivity index is 1.42. The molecule has 0 saturated carbocycles. The van der Waals surface area contributed by atoms with Crippen LogP contribution in [-0.2, 0) is 16.0 Å². The van der Waals surface area contributed by atoms with E-state index in [1.807, 2.05) is 18.2 Å². The molecule has 1 spiro atoms. The van der Waals surface area contributed by atoms with Crippen molar-refractivity contribution in [2.45, 2.75) is 37.9 Å². The molecule has 194 valence electrons. The summed E-state index contributed by atoms with van der Waals surface area (Å²) in [5.74, 6) is 0.827. The van der Waals surface area contributed by atoms with Gasteiger partial charge in [-0.05, 0) is 60.6 Å². The van der Waals surface area contributed by atoms with Crippen LogP contribution in [0.2, 0.25) is 5.02 Å². The number of carbonyl (C=O) groups excluding carboxylic acids is 2. The number of aliphatic hydroxyl groups is 2. The van der Waals surface area contributed by atoms with Gasteiger partial charge in [0, 0.05) is 38.1 Å². The Morgan fingerprint density at radius 2 is 1.81 bits per heavy atom. The molecule has 2 aliphatic rings. The van der Waals surface area contributed by atoms with Crippen LogP contribution >= 0.6 is 11.6 Å². The maximum Gasteiger partial charge on any atom is 0.260 e. The lowest BCUT2D eigenvalue weighted by Gasteiger charge is -2.45. The minimum atomic E-state index is -0.975. The van der Waals surface area contributed by atoms with E-state index in [9.17, 15) is 19.8 Å². The molecule has 2 atom stereocenters. The van der Waals surface area contributed by atoms with Gasteiger partial charge in [0.15, 0.2) is 13.2 Å². The highest BCUT2D eigenvalue weighted by molar-refractivity contribution is 6.30. The minimum Gasteiger partial charge on any atom is -0.484 e. The molecule has 4 rings (SSSR count). The topological polar surface area (TPSA) is 99.5 Å². The molecule has 0 aliphatic carbocycles. The molecule has 0 aromatic heterocycles. The molecule has 0 unspecified atom stereocenters. The minimum absolute atomic E-state index is 0.0783. The second-order valence-corrected chi connectivity index (χ2v) is 10.2. The first kappa shape index (κ1) is 26.3. The average Bonchev–Trinajstić information content (AvgIpc) is 2.87. The number of fused-ring (bicyclic) bond motifs is 1. The Hall–Kier alpha value is -2.81. The van der Waals surface area contributed by atoms with E-state index in [2.05, 4.69) is 0 Å². The van der Waals surface area contributed by atoms with Crippen LogP contribution in [0.3, 0.4) is 0 Å². The number of carbonyl (C=O) groups is 2. The summed E-state index contributed by atoms with van der Waals surface area (Å²) in [6, 6.07) is 14.1. The number of benzene rings is 2. The van der Waals surface area contributed by atoms with Crippen LogP contribution in [0.5, 0.6) is 11.5 Å². The molecule has 8 nitrogen and oxygen atoms in total. The largest absolute Gasteiger partial charge is 0.484 e. The molecule has 2 aromatic carbocycles. The van der Waals surface area contributed by atoms with Crippen molar-refractivity contribution in [2.24, 2.45) is 5.41 Å². The molecule has 2 aromatic rings. The Labute approximate surface area is 216 Å². The van der Waals surface area contributed by atoms with Gasteiger partial charge in [-0.1, -0.05) is 29.8 Å². The predicted molar refractivity (Wildman–Crippen MR) is 135 cm³/mol. The Kier molecular flexibility index (Phi) is 8.39. The first-order chi connectivity index (χ1) is 17.2. The molecule has 36 heavy (non-hydrogen) atoms. The standard InChI is InChI=1S/C27H33ClN2O6/c1-29-18-27(10-12-30(13-11-27)26(34)17-35-21-8-6-20(28)7-9-21)15-23(32)22(31)14-19-4-2-3-5-24(19)36-16-25(29)33/h2-9,22-23,31-32H,10-18H2,1H3/t22-,23+/m0/s1. The van der Waals surface area contributed by atoms with Gasteiger partial charge in [0.25, 0.3) is 11.8 Å². The average molecular weight is 517 g/mol. The Morgan fingerprint density at radius 3 is 2.53 bits per heavy atom. The molecule has 2 amide bonds. The van der Waals surface area contributed by atoms with Crippen LogP contribution in [0.15, 0.2) is 48.5 Å². The normalized spacial score (nSPS) is 22.7.